The number of rotatable bonds is 12. The summed E-state index contributed by atoms with van der Waals surface area (Å²) in [6.07, 6.45) is 76.1. The van der Waals surface area contributed by atoms with Crippen molar-refractivity contribution in [1.29, 1.82) is 0 Å². The van der Waals surface area contributed by atoms with Gasteiger partial charge in [0.05, 0.1) is 5.41 Å². The van der Waals surface area contributed by atoms with Gasteiger partial charge in [-0.2, -0.15) is 0 Å². The van der Waals surface area contributed by atoms with Crippen molar-refractivity contribution in [2.24, 2.45) is 11.8 Å². The van der Waals surface area contributed by atoms with Gasteiger partial charge >= 0.3 is 0 Å². The van der Waals surface area contributed by atoms with Crippen LogP contribution in [0.1, 0.15) is 127 Å². The number of fused-ring (bicyclic) bond motifs is 10. The van der Waals surface area contributed by atoms with E-state index in [0.29, 0.717) is 11.8 Å². The first kappa shape index (κ1) is 50.6. The molecule has 81 heavy (non-hydrogen) atoms. The maximum Gasteiger partial charge on any atom is 0.0726 e. The van der Waals surface area contributed by atoms with Crippen molar-refractivity contribution in [3.8, 4) is 22.3 Å². The van der Waals surface area contributed by atoms with Crippen molar-refractivity contribution >= 4 is 29.9 Å². The van der Waals surface area contributed by atoms with Crippen LogP contribution in [0.3, 0.4) is 0 Å². The summed E-state index contributed by atoms with van der Waals surface area (Å²) >= 11 is 0. The van der Waals surface area contributed by atoms with E-state index in [1.807, 2.05) is 0 Å². The molecule has 0 nitrogen and oxygen atoms in total. The fourth-order valence-electron chi connectivity index (χ4n) is 14.3. The molecule has 5 aromatic carbocycles. The molecule has 9 aliphatic rings. The van der Waals surface area contributed by atoms with Crippen LogP contribution >= 0.6 is 0 Å². The quantitative estimate of drug-likeness (QED) is 0.107. The van der Waals surface area contributed by atoms with E-state index in [0.717, 1.165) is 77.0 Å². The summed E-state index contributed by atoms with van der Waals surface area (Å²) in [6.45, 7) is 0. The van der Waals surface area contributed by atoms with Crippen molar-refractivity contribution < 1.29 is 0 Å². The minimum Gasteiger partial charge on any atom is -0.0842 e. The number of allylic oxidation sites excluding steroid dienone is 32. The van der Waals surface area contributed by atoms with Crippen molar-refractivity contribution in [2.75, 3.05) is 0 Å². The third kappa shape index (κ3) is 9.80. The lowest BCUT2D eigenvalue weighted by molar-refractivity contribution is 0.761. The van der Waals surface area contributed by atoms with Crippen molar-refractivity contribution in [3.05, 3.63) is 338 Å². The van der Waals surface area contributed by atoms with E-state index >= 15 is 0 Å². The average molecular weight is 1040 g/mol. The SMILES string of the molecule is C1=CCCC(C(=Cc2ccc3c(c2)C2(c4cc(C=C(C5=CC=CCC5)c5ccccc5)ccc4-c4ccc(C=C(C5=CC=CCC5)C5C=CC=CC5)cc42)c2cc(C=C(C4=CC=CCC4)C4C=CC=CC4)ccc2-3)C2=CCCC=C2)=C1. The van der Waals surface area contributed by atoms with Gasteiger partial charge in [0, 0.05) is 11.8 Å². The van der Waals surface area contributed by atoms with Gasteiger partial charge in [0.25, 0.3) is 0 Å². The van der Waals surface area contributed by atoms with Crippen molar-refractivity contribution in [1.82, 2.24) is 0 Å². The summed E-state index contributed by atoms with van der Waals surface area (Å²) in [7, 11) is 0. The molecule has 5 aromatic rings. The molecule has 0 heteroatoms. The van der Waals surface area contributed by atoms with Crippen LogP contribution in [0, 0.1) is 11.8 Å². The zero-order valence-corrected chi connectivity index (χ0v) is 46.5. The van der Waals surface area contributed by atoms with Crippen LogP contribution < -0.4 is 0 Å². The summed E-state index contributed by atoms with van der Waals surface area (Å²) in [6, 6.07) is 41.0. The fourth-order valence-corrected chi connectivity index (χ4v) is 14.3. The van der Waals surface area contributed by atoms with Crippen LogP contribution in [0.5, 0.6) is 0 Å². The molecular weight excluding hydrogens is 973 g/mol. The molecule has 0 heterocycles. The van der Waals surface area contributed by atoms with E-state index < -0.39 is 5.41 Å². The zero-order valence-electron chi connectivity index (χ0n) is 46.5. The second-order valence-corrected chi connectivity index (χ2v) is 23.2. The van der Waals surface area contributed by atoms with Gasteiger partial charge in [0.15, 0.2) is 0 Å². The topological polar surface area (TPSA) is 0 Å². The molecule has 3 unspecified atom stereocenters. The maximum atomic E-state index is 2.61. The largest absolute Gasteiger partial charge is 0.0842 e. The van der Waals surface area contributed by atoms with Gasteiger partial charge < -0.3 is 0 Å². The number of hydrogen-bond acceptors (Lipinski definition) is 0. The minimum atomic E-state index is -0.630. The lowest BCUT2D eigenvalue weighted by Crippen LogP contribution is -2.26. The predicted molar refractivity (Wildman–Crippen MR) is 346 cm³/mol. The highest BCUT2D eigenvalue weighted by atomic mass is 14.5. The lowest BCUT2D eigenvalue weighted by Gasteiger charge is -2.31. The van der Waals surface area contributed by atoms with E-state index in [9.17, 15) is 0 Å². The van der Waals surface area contributed by atoms with E-state index in [1.54, 1.807) is 0 Å². The number of benzene rings is 5. The lowest BCUT2D eigenvalue weighted by atomic mass is 9.69. The van der Waals surface area contributed by atoms with Gasteiger partial charge in [-0.1, -0.05) is 231 Å². The molecule has 0 fully saturated rings. The molecule has 1 spiro atoms. The Morgan fingerprint density at radius 3 is 1.21 bits per heavy atom. The molecule has 0 N–H and O–H groups in total. The van der Waals surface area contributed by atoms with Crippen LogP contribution in [0.4, 0.5) is 0 Å². The van der Waals surface area contributed by atoms with Crippen LogP contribution in [0.15, 0.2) is 287 Å². The molecule has 0 saturated heterocycles. The molecule has 0 radical (unpaired) electrons. The highest BCUT2D eigenvalue weighted by Gasteiger charge is 2.52. The second-order valence-electron chi connectivity index (χ2n) is 23.2. The highest BCUT2D eigenvalue weighted by Crippen LogP contribution is 2.64. The van der Waals surface area contributed by atoms with E-state index in [-0.39, 0.29) is 0 Å². The van der Waals surface area contributed by atoms with Crippen LogP contribution in [0.2, 0.25) is 0 Å². The smallest absolute Gasteiger partial charge is 0.0726 e. The summed E-state index contributed by atoms with van der Waals surface area (Å²) in [5.74, 6) is 0.645. The summed E-state index contributed by atoms with van der Waals surface area (Å²) in [5.41, 5.74) is 28.9. The standard InChI is InChI=1S/C81H70/c1-9-25-61(26-10-1)73(62-27-11-2-12-28-62)49-57-41-45-69-70-46-42-58(50-74(63-29-13-3-14-30-63)64-31-15-4-16-32-64)54-78(70)81(77(69)53-57)79-55-59(51-75(65-33-17-5-18-34-65)66-35-19-6-20-36-66)43-47-71(79)72-48-44-60(56-80(72)81)52-76(67-37-21-7-22-38-67)68-39-23-8-24-40-68/h1-7,9-11,13-15,17-19,21,23,25-27,29,31,33,35,37,39-56,63,65H,8,12,16,20,22,24,28,30,32,34,36,38H2. The Morgan fingerprint density at radius 1 is 0.370 bits per heavy atom. The third-order valence-corrected chi connectivity index (χ3v) is 18.3. The summed E-state index contributed by atoms with van der Waals surface area (Å²) in [5, 5.41) is 0. The highest BCUT2D eigenvalue weighted by molar-refractivity contribution is 5.98. The summed E-state index contributed by atoms with van der Waals surface area (Å²) < 4.78 is 0. The molecule has 9 aliphatic carbocycles. The minimum absolute atomic E-state index is 0.322. The van der Waals surface area contributed by atoms with Crippen LogP contribution in [-0.2, 0) is 5.41 Å². The van der Waals surface area contributed by atoms with Gasteiger partial charge in [-0.25, -0.2) is 0 Å². The van der Waals surface area contributed by atoms with Gasteiger partial charge in [0.2, 0.25) is 0 Å². The molecule has 0 aromatic heterocycles. The second kappa shape index (κ2) is 22.5. The molecule has 0 aliphatic heterocycles. The molecule has 394 valence electrons. The fraction of sp³-hybridized carbons (Fsp3) is 0.185. The molecule has 0 bridgehead atoms. The van der Waals surface area contributed by atoms with Crippen molar-refractivity contribution in [3.63, 3.8) is 0 Å². The maximum absolute atomic E-state index is 2.61. The Labute approximate surface area is 481 Å². The van der Waals surface area contributed by atoms with Crippen molar-refractivity contribution in [2.45, 2.75) is 82.5 Å². The molecule has 3 atom stereocenters. The Kier molecular flexibility index (Phi) is 14.1. The van der Waals surface area contributed by atoms with Crippen LogP contribution in [-0.4, -0.2) is 0 Å². The first-order chi connectivity index (χ1) is 40.2. The van der Waals surface area contributed by atoms with E-state index in [1.165, 1.54) is 122 Å². The zero-order chi connectivity index (χ0) is 54.0. The first-order valence-electron chi connectivity index (χ1n) is 30.1. The third-order valence-electron chi connectivity index (χ3n) is 18.3. The Morgan fingerprint density at radius 2 is 0.802 bits per heavy atom. The predicted octanol–water partition coefficient (Wildman–Crippen LogP) is 21.4. The Bertz CT molecular complexity index is 3870. The van der Waals surface area contributed by atoms with E-state index in [4.69, 9.17) is 0 Å². The van der Waals surface area contributed by atoms with Gasteiger partial charge in [0.1, 0.15) is 0 Å². The molecular formula is C81H70. The van der Waals surface area contributed by atoms with Crippen LogP contribution in [0.25, 0.3) is 52.1 Å². The first-order valence-corrected chi connectivity index (χ1v) is 30.1. The van der Waals surface area contributed by atoms with Gasteiger partial charge in [-0.15, -0.1) is 0 Å². The molecule has 14 rings (SSSR count). The van der Waals surface area contributed by atoms with E-state index in [2.05, 4.69) is 267 Å². The summed E-state index contributed by atoms with van der Waals surface area (Å²) in [4.78, 5) is 0. The Hall–Kier alpha value is -8.58. The molecule has 0 amide bonds. The van der Waals surface area contributed by atoms with Gasteiger partial charge in [-0.3, -0.25) is 0 Å². The molecule has 0 saturated carbocycles. The monoisotopic (exact) mass is 1040 g/mol. The normalized spacial score (nSPS) is 22.5. The van der Waals surface area contributed by atoms with Gasteiger partial charge in [-0.05, 0) is 236 Å². The Balaban J connectivity index is 1.04. The average Bonchev–Trinajstić information content (AvgIpc) is 4.07. The number of hydrogen-bond donors (Lipinski definition) is 0.